The molecule has 8 heteroatoms. The number of aliphatic hydroxyl groups is 1. The van der Waals surface area contributed by atoms with E-state index in [9.17, 15) is 19.8 Å². The number of aryl methyl sites for hydroxylation is 1. The van der Waals surface area contributed by atoms with E-state index in [2.05, 4.69) is 24.5 Å². The monoisotopic (exact) mass is 529 g/mol. The molecule has 0 fully saturated rings. The minimum absolute atomic E-state index is 0.0626. The number of halogens is 1. The van der Waals surface area contributed by atoms with Crippen molar-refractivity contribution in [2.24, 2.45) is 0 Å². The number of ether oxygens (including phenoxy) is 2. The Labute approximate surface area is 223 Å². The lowest BCUT2D eigenvalue weighted by atomic mass is 9.89. The Kier molecular flexibility index (Phi) is 10.0. The fourth-order valence-corrected chi connectivity index (χ4v) is 5.08. The number of methoxy groups -OCH3 is 1. The molecule has 1 heterocycles. The summed E-state index contributed by atoms with van der Waals surface area (Å²) in [5.74, 6) is -1.66. The average molecular weight is 530 g/mol. The Morgan fingerprint density at radius 1 is 1.27 bits per heavy atom. The van der Waals surface area contributed by atoms with Crippen molar-refractivity contribution < 1.29 is 29.3 Å². The highest BCUT2D eigenvalue weighted by Crippen LogP contribution is 2.40. The molecule has 37 heavy (non-hydrogen) atoms. The fourth-order valence-electron chi connectivity index (χ4n) is 4.88. The predicted molar refractivity (Wildman–Crippen MR) is 145 cm³/mol. The molecule has 1 aliphatic heterocycles. The van der Waals surface area contributed by atoms with E-state index >= 15 is 0 Å². The number of carboxylic acid groups (broad SMARTS) is 1. The number of hydrogen-bond donors (Lipinski definition) is 2. The van der Waals surface area contributed by atoms with Crippen LogP contribution in [0.4, 0.5) is 5.69 Å². The second kappa shape index (κ2) is 13.0. The number of esters is 1. The van der Waals surface area contributed by atoms with Crippen LogP contribution in [0.5, 0.6) is 5.75 Å². The maximum Gasteiger partial charge on any atom is 0.343 e. The molecular formula is C29H36ClNO6. The number of fused-ring (bicyclic) bond motifs is 1. The molecule has 2 aromatic rings. The van der Waals surface area contributed by atoms with Crippen molar-refractivity contribution in [3.05, 3.63) is 70.8 Å². The molecule has 0 saturated heterocycles. The summed E-state index contributed by atoms with van der Waals surface area (Å²) in [7, 11) is 1.12. The lowest BCUT2D eigenvalue weighted by molar-refractivity contribution is -0.169. The molecule has 0 spiro atoms. The van der Waals surface area contributed by atoms with Crippen molar-refractivity contribution >= 4 is 29.2 Å². The Bertz CT molecular complexity index is 1120. The predicted octanol–water partition coefficient (Wildman–Crippen LogP) is 5.47. The minimum Gasteiger partial charge on any atom is -0.491 e. The van der Waals surface area contributed by atoms with Gasteiger partial charge in [-0.1, -0.05) is 43.2 Å². The normalized spacial score (nSPS) is 16.6. The first-order valence-electron chi connectivity index (χ1n) is 12.7. The summed E-state index contributed by atoms with van der Waals surface area (Å²) in [6.45, 7) is 7.76. The molecule has 0 aromatic heterocycles. The van der Waals surface area contributed by atoms with E-state index in [1.807, 2.05) is 18.2 Å². The van der Waals surface area contributed by atoms with Crippen LogP contribution in [0.3, 0.4) is 0 Å². The van der Waals surface area contributed by atoms with E-state index in [1.165, 1.54) is 17.2 Å². The van der Waals surface area contributed by atoms with Gasteiger partial charge in [-0.3, -0.25) is 4.79 Å². The smallest absolute Gasteiger partial charge is 0.343 e. The molecular weight excluding hydrogens is 494 g/mol. The number of unbranched alkanes of at least 4 members (excludes halogenated alkanes) is 2. The van der Waals surface area contributed by atoms with Crippen molar-refractivity contribution in [3.8, 4) is 5.75 Å². The van der Waals surface area contributed by atoms with Crippen LogP contribution in [0.15, 0.2) is 49.1 Å². The molecule has 2 N–H and O–H groups in total. The lowest BCUT2D eigenvalue weighted by Crippen LogP contribution is -2.39. The molecule has 2 aromatic carbocycles. The SMILES string of the molecule is C=CCCCCN1CC(c2ccc(Cl)cc2CCC)COc2ccc(C(O)(CC(=O)O)C(=O)OC)cc21. The van der Waals surface area contributed by atoms with Crippen LogP contribution in [0.2, 0.25) is 5.02 Å². The van der Waals surface area contributed by atoms with Crippen LogP contribution in [0, 0.1) is 0 Å². The van der Waals surface area contributed by atoms with Gasteiger partial charge in [0, 0.05) is 24.0 Å². The van der Waals surface area contributed by atoms with Gasteiger partial charge in [0.15, 0.2) is 5.60 Å². The van der Waals surface area contributed by atoms with Crippen LogP contribution < -0.4 is 9.64 Å². The zero-order chi connectivity index (χ0) is 27.0. The van der Waals surface area contributed by atoms with Gasteiger partial charge in [-0.15, -0.1) is 6.58 Å². The summed E-state index contributed by atoms with van der Waals surface area (Å²) in [6, 6.07) is 10.9. The molecule has 3 rings (SSSR count). The van der Waals surface area contributed by atoms with E-state index in [0.717, 1.165) is 45.8 Å². The largest absolute Gasteiger partial charge is 0.491 e. The minimum atomic E-state index is -2.32. The van der Waals surface area contributed by atoms with E-state index in [4.69, 9.17) is 21.1 Å². The standard InChI is InChI=1S/C29H36ClNO6/c1-4-6-7-8-14-31-18-21(24-12-11-23(30)15-20(24)9-5-2)19-37-26-13-10-22(16-25(26)31)29(35,17-27(32)33)28(34)36-3/h4,10-13,15-16,21,35H,1,5-9,14,17-19H2,2-3H3,(H,32,33). The van der Waals surface area contributed by atoms with Gasteiger partial charge in [0.2, 0.25) is 0 Å². The van der Waals surface area contributed by atoms with Crippen LogP contribution in [0.25, 0.3) is 0 Å². The summed E-state index contributed by atoms with van der Waals surface area (Å²) < 4.78 is 11.0. The number of carbonyl (C=O) groups is 2. The molecule has 0 radical (unpaired) electrons. The molecule has 2 unspecified atom stereocenters. The van der Waals surface area contributed by atoms with Gasteiger partial charge in [0.25, 0.3) is 0 Å². The van der Waals surface area contributed by atoms with Crippen molar-refractivity contribution in [2.75, 3.05) is 31.7 Å². The first-order valence-corrected chi connectivity index (χ1v) is 13.0. The quantitative estimate of drug-likeness (QED) is 0.214. The van der Waals surface area contributed by atoms with Crippen molar-refractivity contribution in [3.63, 3.8) is 0 Å². The van der Waals surface area contributed by atoms with Crippen LogP contribution in [-0.2, 0) is 26.3 Å². The highest BCUT2D eigenvalue weighted by molar-refractivity contribution is 6.30. The van der Waals surface area contributed by atoms with Crippen LogP contribution >= 0.6 is 11.6 Å². The Morgan fingerprint density at radius 2 is 2.05 bits per heavy atom. The van der Waals surface area contributed by atoms with Gasteiger partial charge < -0.3 is 24.6 Å². The zero-order valence-corrected chi connectivity index (χ0v) is 22.3. The summed E-state index contributed by atoms with van der Waals surface area (Å²) in [4.78, 5) is 26.2. The first kappa shape index (κ1) is 28.5. The van der Waals surface area contributed by atoms with Gasteiger partial charge in [0.05, 0.1) is 25.8 Å². The summed E-state index contributed by atoms with van der Waals surface area (Å²) >= 11 is 6.30. The van der Waals surface area contributed by atoms with Gasteiger partial charge in [-0.2, -0.15) is 0 Å². The number of hydrogen-bond acceptors (Lipinski definition) is 6. The Hall–Kier alpha value is -3.03. The van der Waals surface area contributed by atoms with Crippen molar-refractivity contribution in [1.82, 2.24) is 0 Å². The third-order valence-corrected chi connectivity index (χ3v) is 6.97. The fraction of sp³-hybridized carbons (Fsp3) is 0.448. The number of benzene rings is 2. The third kappa shape index (κ3) is 6.84. The Balaban J connectivity index is 2.03. The molecule has 2 atom stereocenters. The van der Waals surface area contributed by atoms with Gasteiger partial charge in [0.1, 0.15) is 5.75 Å². The summed E-state index contributed by atoms with van der Waals surface area (Å²) in [5.41, 5.74) is 0.921. The molecule has 0 bridgehead atoms. The van der Waals surface area contributed by atoms with Gasteiger partial charge >= 0.3 is 11.9 Å². The highest BCUT2D eigenvalue weighted by atomic mass is 35.5. The molecule has 0 saturated carbocycles. The van der Waals surface area contributed by atoms with Crippen molar-refractivity contribution in [2.45, 2.75) is 57.0 Å². The van der Waals surface area contributed by atoms with E-state index in [1.54, 1.807) is 12.1 Å². The van der Waals surface area contributed by atoms with Crippen LogP contribution in [0.1, 0.15) is 61.6 Å². The molecule has 0 aliphatic carbocycles. The first-order chi connectivity index (χ1) is 17.7. The van der Waals surface area contributed by atoms with E-state index in [0.29, 0.717) is 29.6 Å². The highest BCUT2D eigenvalue weighted by Gasteiger charge is 2.42. The van der Waals surface area contributed by atoms with E-state index < -0.39 is 24.0 Å². The lowest BCUT2D eigenvalue weighted by Gasteiger charge is -2.29. The van der Waals surface area contributed by atoms with Crippen molar-refractivity contribution in [1.29, 1.82) is 0 Å². The zero-order valence-electron chi connectivity index (χ0n) is 21.5. The summed E-state index contributed by atoms with van der Waals surface area (Å²) in [6.07, 6.45) is 5.75. The second-order valence-electron chi connectivity index (χ2n) is 9.44. The molecule has 0 amide bonds. The number of nitrogens with zero attached hydrogens (tertiary/aromatic N) is 1. The maximum atomic E-state index is 12.5. The Morgan fingerprint density at radius 3 is 2.73 bits per heavy atom. The third-order valence-electron chi connectivity index (χ3n) is 6.74. The summed E-state index contributed by atoms with van der Waals surface area (Å²) in [5, 5.41) is 21.2. The number of anilines is 1. The maximum absolute atomic E-state index is 12.5. The number of carboxylic acids is 1. The number of aliphatic carboxylic acids is 1. The molecule has 7 nitrogen and oxygen atoms in total. The number of allylic oxidation sites excluding steroid dienone is 1. The molecule has 200 valence electrons. The number of rotatable bonds is 12. The van der Waals surface area contributed by atoms with Gasteiger partial charge in [-0.05, 0) is 66.6 Å². The van der Waals surface area contributed by atoms with E-state index in [-0.39, 0.29) is 11.5 Å². The topological polar surface area (TPSA) is 96.3 Å². The number of carbonyl (C=O) groups excluding carboxylic acids is 1. The molecule has 1 aliphatic rings. The van der Waals surface area contributed by atoms with Gasteiger partial charge in [-0.25, -0.2) is 4.79 Å². The average Bonchev–Trinajstić information content (AvgIpc) is 3.05. The van der Waals surface area contributed by atoms with Crippen LogP contribution in [-0.4, -0.2) is 49.0 Å². The second-order valence-corrected chi connectivity index (χ2v) is 9.87.